The molecule has 0 aliphatic carbocycles. The van der Waals surface area contributed by atoms with Crippen LogP contribution in [-0.4, -0.2) is 80.3 Å². The van der Waals surface area contributed by atoms with Gasteiger partial charge in [-0.25, -0.2) is 9.29 Å². The van der Waals surface area contributed by atoms with Gasteiger partial charge >= 0.3 is 10.3 Å². The first-order valence-electron chi connectivity index (χ1n) is 7.13. The second-order valence-corrected chi connectivity index (χ2v) is 9.14. The Hall–Kier alpha value is -2.34. The highest BCUT2D eigenvalue weighted by Crippen LogP contribution is 2.24. The van der Waals surface area contributed by atoms with Crippen LogP contribution in [0.1, 0.15) is 5.69 Å². The Balaban J connectivity index is 2.24. The zero-order chi connectivity index (χ0) is 21.3. The van der Waals surface area contributed by atoms with Crippen molar-refractivity contribution < 1.29 is 40.0 Å². The molecule has 2 rings (SSSR count). The van der Waals surface area contributed by atoms with Gasteiger partial charge in [-0.15, -0.1) is 11.3 Å². The first kappa shape index (κ1) is 22.0. The van der Waals surface area contributed by atoms with Gasteiger partial charge in [-0.05, 0) is 0 Å². The average Bonchev–Trinajstić information content (AvgIpc) is 2.97. The Morgan fingerprint density at radius 1 is 1.46 bits per heavy atom. The fraction of sp³-hybridized carbons (Fsp3) is 0.455. The Morgan fingerprint density at radius 3 is 2.57 bits per heavy atom. The number of hydrogen-bond acceptors (Lipinski definition) is 12. The Kier molecular flexibility index (Phi) is 6.24. The molecule has 0 radical (unpaired) electrons. The van der Waals surface area contributed by atoms with E-state index in [4.69, 9.17) is 10.3 Å². The summed E-state index contributed by atoms with van der Waals surface area (Å²) in [5.41, 5.74) is 5.16. The van der Waals surface area contributed by atoms with E-state index in [-0.39, 0.29) is 20.8 Å². The standard InChI is InChI=1S/C11H15N5O9S3/c1-24-15-7(5-4-26-11(12)13-5)9(17)14-8-6(3-25-27(2,19)20)16(10(8)18)28(21,22)23/h4,6,8H,3H2,1-2H3,(H2,12,13)(H,14,17)(H,21,22,23)/t6-,8+/m1/s1. The number of β-lactam (4-membered cyclic amide) rings is 1. The molecule has 1 saturated heterocycles. The molecule has 2 heterocycles. The van der Waals surface area contributed by atoms with Gasteiger partial charge in [0.25, 0.3) is 21.9 Å². The summed E-state index contributed by atoms with van der Waals surface area (Å²) in [7, 11) is -7.84. The van der Waals surface area contributed by atoms with Crippen molar-refractivity contribution in [2.75, 3.05) is 25.7 Å². The molecule has 0 saturated carbocycles. The molecule has 4 N–H and O–H groups in total. The van der Waals surface area contributed by atoms with Crippen molar-refractivity contribution in [3.05, 3.63) is 11.1 Å². The van der Waals surface area contributed by atoms with E-state index >= 15 is 0 Å². The predicted molar refractivity (Wildman–Crippen MR) is 95.0 cm³/mol. The van der Waals surface area contributed by atoms with E-state index in [1.807, 2.05) is 0 Å². The van der Waals surface area contributed by atoms with Crippen LogP contribution in [0.25, 0.3) is 0 Å². The molecule has 0 bridgehead atoms. The van der Waals surface area contributed by atoms with E-state index < -0.39 is 50.9 Å². The maximum absolute atomic E-state index is 12.5. The number of rotatable bonds is 8. The normalized spacial score (nSPS) is 20.6. The number of aromatic nitrogens is 1. The second kappa shape index (κ2) is 7.95. The van der Waals surface area contributed by atoms with Crippen molar-refractivity contribution >= 4 is 54.4 Å². The molecule has 28 heavy (non-hydrogen) atoms. The highest BCUT2D eigenvalue weighted by atomic mass is 32.2. The van der Waals surface area contributed by atoms with Crippen LogP contribution in [0, 0.1) is 0 Å². The third kappa shape index (κ3) is 4.93. The van der Waals surface area contributed by atoms with Crippen molar-refractivity contribution in [1.82, 2.24) is 14.6 Å². The molecule has 2 atom stereocenters. The molecule has 1 aliphatic heterocycles. The van der Waals surface area contributed by atoms with E-state index in [1.165, 1.54) is 5.38 Å². The minimum atomic E-state index is -5.00. The lowest BCUT2D eigenvalue weighted by Gasteiger charge is -2.43. The lowest BCUT2D eigenvalue weighted by Crippen LogP contribution is -2.73. The second-order valence-electron chi connectivity index (χ2n) is 5.31. The van der Waals surface area contributed by atoms with Crippen LogP contribution in [0.5, 0.6) is 0 Å². The molecular weight excluding hydrogens is 442 g/mol. The third-order valence-corrected chi connectivity index (χ3v) is 5.51. The summed E-state index contributed by atoms with van der Waals surface area (Å²) in [6, 6.07) is -3.03. The fourth-order valence-electron chi connectivity index (χ4n) is 2.22. The zero-order valence-corrected chi connectivity index (χ0v) is 16.7. The number of carbonyl (C=O) groups is 2. The van der Waals surface area contributed by atoms with E-state index in [1.54, 1.807) is 0 Å². The first-order valence-corrected chi connectivity index (χ1v) is 11.2. The van der Waals surface area contributed by atoms with Gasteiger partial charge in [0.05, 0.1) is 12.9 Å². The van der Waals surface area contributed by atoms with Crippen molar-refractivity contribution in [1.29, 1.82) is 0 Å². The van der Waals surface area contributed by atoms with Crippen LogP contribution >= 0.6 is 11.3 Å². The minimum absolute atomic E-state index is 0.00288. The van der Waals surface area contributed by atoms with E-state index in [0.29, 0.717) is 6.26 Å². The number of nitrogen functional groups attached to an aromatic ring is 1. The molecule has 156 valence electrons. The molecule has 14 nitrogen and oxygen atoms in total. The number of hydrogen-bond donors (Lipinski definition) is 3. The lowest BCUT2D eigenvalue weighted by molar-refractivity contribution is -0.146. The average molecular weight is 457 g/mol. The van der Waals surface area contributed by atoms with E-state index in [9.17, 15) is 26.4 Å². The smallest absolute Gasteiger partial charge is 0.362 e. The number of carbonyl (C=O) groups excluding carboxylic acids is 2. The highest BCUT2D eigenvalue weighted by Gasteiger charge is 2.54. The fourth-order valence-corrected chi connectivity index (χ4v) is 4.02. The largest absolute Gasteiger partial charge is 0.398 e. The van der Waals surface area contributed by atoms with Gasteiger partial charge in [0.1, 0.15) is 24.9 Å². The van der Waals surface area contributed by atoms with Gasteiger partial charge in [-0.3, -0.25) is 18.3 Å². The summed E-state index contributed by atoms with van der Waals surface area (Å²) in [6.07, 6.45) is 0.703. The summed E-state index contributed by atoms with van der Waals surface area (Å²) >= 11 is 1.01. The van der Waals surface area contributed by atoms with Crippen LogP contribution < -0.4 is 11.1 Å². The molecular formula is C11H15N5O9S3. The molecule has 0 spiro atoms. The molecule has 1 aromatic rings. The van der Waals surface area contributed by atoms with Crippen molar-refractivity contribution in [2.45, 2.75) is 12.1 Å². The summed E-state index contributed by atoms with van der Waals surface area (Å²) in [5, 5.41) is 7.20. The van der Waals surface area contributed by atoms with Gasteiger partial charge in [0, 0.05) is 5.38 Å². The molecule has 1 aromatic heterocycles. The number of thiazole rings is 1. The molecule has 1 aliphatic rings. The Bertz CT molecular complexity index is 1020. The summed E-state index contributed by atoms with van der Waals surface area (Å²) in [6.45, 7) is -0.824. The van der Waals surface area contributed by atoms with Crippen molar-refractivity contribution in [3.63, 3.8) is 0 Å². The van der Waals surface area contributed by atoms with Crippen LogP contribution in [0.15, 0.2) is 10.5 Å². The van der Waals surface area contributed by atoms with Crippen LogP contribution in [0.4, 0.5) is 5.13 Å². The molecule has 0 unspecified atom stereocenters. The maximum atomic E-state index is 12.5. The Labute approximate surface area is 163 Å². The van der Waals surface area contributed by atoms with Crippen LogP contribution in [0.2, 0.25) is 0 Å². The number of amides is 2. The highest BCUT2D eigenvalue weighted by molar-refractivity contribution is 7.86. The lowest BCUT2D eigenvalue weighted by atomic mass is 9.99. The van der Waals surface area contributed by atoms with Gasteiger partial charge in [0.2, 0.25) is 0 Å². The summed E-state index contributed by atoms with van der Waals surface area (Å²) < 4.78 is 58.6. The van der Waals surface area contributed by atoms with Gasteiger partial charge in [-0.1, -0.05) is 5.16 Å². The first-order chi connectivity index (χ1) is 12.8. The molecule has 17 heteroatoms. The van der Waals surface area contributed by atoms with Gasteiger partial charge in [-0.2, -0.15) is 16.8 Å². The number of anilines is 1. The van der Waals surface area contributed by atoms with E-state index in [0.717, 1.165) is 18.4 Å². The van der Waals surface area contributed by atoms with E-state index in [2.05, 4.69) is 24.5 Å². The molecule has 2 amide bonds. The van der Waals surface area contributed by atoms with Crippen molar-refractivity contribution in [2.24, 2.45) is 5.16 Å². The predicted octanol–water partition coefficient (Wildman–Crippen LogP) is -2.45. The minimum Gasteiger partial charge on any atom is -0.398 e. The van der Waals surface area contributed by atoms with Crippen LogP contribution in [0.3, 0.4) is 0 Å². The van der Waals surface area contributed by atoms with Gasteiger partial charge < -0.3 is 15.9 Å². The number of nitrogens with two attached hydrogens (primary N) is 1. The zero-order valence-electron chi connectivity index (χ0n) is 14.3. The quantitative estimate of drug-likeness (QED) is 0.123. The summed E-state index contributed by atoms with van der Waals surface area (Å²) in [4.78, 5) is 32.9. The Morgan fingerprint density at radius 2 is 2.11 bits per heavy atom. The summed E-state index contributed by atoms with van der Waals surface area (Å²) in [5.74, 6) is -2.18. The van der Waals surface area contributed by atoms with Crippen molar-refractivity contribution in [3.8, 4) is 0 Å². The topological polar surface area (TPSA) is 208 Å². The maximum Gasteiger partial charge on any atom is 0.362 e. The molecule has 1 fully saturated rings. The van der Waals surface area contributed by atoms with Crippen LogP contribution in [-0.2, 0) is 39.0 Å². The monoisotopic (exact) mass is 457 g/mol. The number of nitrogens with one attached hydrogen (secondary N) is 1. The molecule has 0 aromatic carbocycles. The number of nitrogens with zero attached hydrogens (tertiary/aromatic N) is 3. The number of oxime groups is 1. The SMILES string of the molecule is CON=C(C(=O)N[C@@H]1C(=O)N(S(=O)(=O)O)[C@@H]1COS(C)(=O)=O)c1csc(N)n1. The third-order valence-electron chi connectivity index (χ3n) is 3.32. The van der Waals surface area contributed by atoms with Gasteiger partial charge in [0.15, 0.2) is 10.8 Å².